The molecule has 1 saturated heterocycles. The molecule has 2 rings (SSSR count). The number of rotatable bonds is 7. The van der Waals surface area contributed by atoms with Gasteiger partial charge < -0.3 is 20.3 Å². The Morgan fingerprint density at radius 1 is 1.38 bits per heavy atom. The highest BCUT2D eigenvalue weighted by Gasteiger charge is 2.17. The monoisotopic (exact) mass is 517 g/mol. The van der Waals surface area contributed by atoms with E-state index < -0.39 is 0 Å². The maximum atomic E-state index is 5.61. The van der Waals surface area contributed by atoms with E-state index in [4.69, 9.17) is 9.73 Å². The van der Waals surface area contributed by atoms with Crippen molar-refractivity contribution in [1.82, 2.24) is 15.6 Å². The third-order valence-corrected chi connectivity index (χ3v) is 4.85. The maximum absolute atomic E-state index is 5.61. The molecule has 0 bridgehead atoms. The topological polar surface area (TPSA) is 61.8 Å². The Hall–Kier alpha value is -1.09. The van der Waals surface area contributed by atoms with Crippen molar-refractivity contribution in [2.45, 2.75) is 73.1 Å². The van der Waals surface area contributed by atoms with Gasteiger partial charge in [0.15, 0.2) is 5.96 Å². The first kappa shape index (κ1) is 25.9. The Morgan fingerprint density at radius 3 is 2.72 bits per heavy atom. The highest BCUT2D eigenvalue weighted by Crippen LogP contribution is 2.21. The van der Waals surface area contributed by atoms with Gasteiger partial charge in [0.1, 0.15) is 5.82 Å². The van der Waals surface area contributed by atoms with Crippen LogP contribution in [-0.2, 0) is 11.3 Å². The summed E-state index contributed by atoms with van der Waals surface area (Å²) >= 11 is 0. The van der Waals surface area contributed by atoms with Crippen LogP contribution in [0.4, 0.5) is 5.82 Å². The van der Waals surface area contributed by atoms with Gasteiger partial charge in [-0.3, -0.25) is 0 Å². The van der Waals surface area contributed by atoms with Gasteiger partial charge in [-0.05, 0) is 50.7 Å². The average molecular weight is 518 g/mol. The third kappa shape index (κ3) is 9.98. The van der Waals surface area contributed by atoms with E-state index in [0.717, 1.165) is 50.0 Å². The lowest BCUT2D eigenvalue weighted by Gasteiger charge is -2.32. The van der Waals surface area contributed by atoms with Crippen molar-refractivity contribution in [3.63, 3.8) is 0 Å². The van der Waals surface area contributed by atoms with E-state index in [-0.39, 0.29) is 30.1 Å². The molecule has 2 heterocycles. The van der Waals surface area contributed by atoms with Crippen LogP contribution in [0.15, 0.2) is 23.3 Å². The smallest absolute Gasteiger partial charge is 0.191 e. The van der Waals surface area contributed by atoms with Crippen molar-refractivity contribution in [3.8, 4) is 0 Å². The molecule has 166 valence electrons. The number of aromatic nitrogens is 1. The number of guanidine groups is 1. The molecule has 2 atom stereocenters. The van der Waals surface area contributed by atoms with Crippen molar-refractivity contribution in [2.75, 3.05) is 31.1 Å². The number of anilines is 1. The van der Waals surface area contributed by atoms with E-state index in [0.29, 0.717) is 18.0 Å². The van der Waals surface area contributed by atoms with Gasteiger partial charge in [-0.25, -0.2) is 9.98 Å². The van der Waals surface area contributed by atoms with Gasteiger partial charge in [0, 0.05) is 31.9 Å². The molecule has 29 heavy (non-hydrogen) atoms. The number of hydrogen-bond acceptors (Lipinski definition) is 4. The molecule has 1 aromatic rings. The van der Waals surface area contributed by atoms with Crippen LogP contribution in [0.2, 0.25) is 0 Å². The predicted molar refractivity (Wildman–Crippen MR) is 133 cm³/mol. The first-order chi connectivity index (χ1) is 13.3. The van der Waals surface area contributed by atoms with Crippen LogP contribution in [0, 0.1) is 5.41 Å². The Balaban J connectivity index is 0.00000420. The zero-order valence-corrected chi connectivity index (χ0v) is 21.3. The minimum absolute atomic E-state index is 0. The predicted octanol–water partition coefficient (Wildman–Crippen LogP) is 4.19. The number of nitrogens with one attached hydrogen (secondary N) is 2. The minimum atomic E-state index is 0. The molecule has 1 aliphatic rings. The van der Waals surface area contributed by atoms with Crippen LogP contribution in [0.1, 0.15) is 59.9 Å². The number of pyridine rings is 1. The molecule has 1 aromatic heterocycles. The third-order valence-electron chi connectivity index (χ3n) is 4.85. The van der Waals surface area contributed by atoms with Gasteiger partial charge in [-0.2, -0.15) is 0 Å². The summed E-state index contributed by atoms with van der Waals surface area (Å²) in [6, 6.07) is 4.61. The molecule has 2 N–H and O–H groups in total. The van der Waals surface area contributed by atoms with Crippen molar-refractivity contribution in [2.24, 2.45) is 10.4 Å². The molecular weight excluding hydrogens is 477 g/mol. The molecule has 2 unspecified atom stereocenters. The molecule has 0 aliphatic carbocycles. The number of hydrogen-bond donors (Lipinski definition) is 2. The summed E-state index contributed by atoms with van der Waals surface area (Å²) in [7, 11) is 0. The molecular formula is C22H40IN5O. The summed E-state index contributed by atoms with van der Waals surface area (Å²) in [5.41, 5.74) is 1.47. The summed E-state index contributed by atoms with van der Waals surface area (Å²) in [6.07, 6.45) is 4.51. The summed E-state index contributed by atoms with van der Waals surface area (Å²) in [4.78, 5) is 11.7. The Bertz CT molecular complexity index is 615. The quantitative estimate of drug-likeness (QED) is 0.323. The number of halogens is 1. The number of ether oxygens (including phenoxy) is 1. The summed E-state index contributed by atoms with van der Waals surface area (Å²) in [5.74, 6) is 1.89. The molecule has 1 aliphatic heterocycles. The Kier molecular flexibility index (Phi) is 11.2. The van der Waals surface area contributed by atoms with Crippen molar-refractivity contribution >= 4 is 35.8 Å². The Morgan fingerprint density at radius 2 is 2.14 bits per heavy atom. The van der Waals surface area contributed by atoms with Crippen LogP contribution in [0.5, 0.6) is 0 Å². The highest BCUT2D eigenvalue weighted by atomic mass is 127. The fourth-order valence-corrected chi connectivity index (χ4v) is 3.17. The first-order valence-electron chi connectivity index (χ1n) is 10.6. The first-order valence-corrected chi connectivity index (χ1v) is 10.6. The van der Waals surface area contributed by atoms with Crippen molar-refractivity contribution in [3.05, 3.63) is 23.9 Å². The van der Waals surface area contributed by atoms with Gasteiger partial charge in [0.05, 0.1) is 19.3 Å². The minimum Gasteiger partial charge on any atom is -0.375 e. The number of nitrogens with zero attached hydrogens (tertiary/aromatic N) is 3. The molecule has 0 saturated carbocycles. The molecule has 1 fully saturated rings. The van der Waals surface area contributed by atoms with E-state index in [1.165, 1.54) is 6.42 Å². The summed E-state index contributed by atoms with van der Waals surface area (Å²) in [6.45, 7) is 17.3. The van der Waals surface area contributed by atoms with Crippen LogP contribution in [0.3, 0.4) is 0 Å². The van der Waals surface area contributed by atoms with E-state index in [1.54, 1.807) is 0 Å². The Labute approximate surface area is 194 Å². The van der Waals surface area contributed by atoms with Crippen molar-refractivity contribution < 1.29 is 4.74 Å². The summed E-state index contributed by atoms with van der Waals surface area (Å²) < 4.78 is 5.61. The van der Waals surface area contributed by atoms with Gasteiger partial charge in [-0.15, -0.1) is 24.0 Å². The zero-order valence-electron chi connectivity index (χ0n) is 19.0. The molecule has 0 amide bonds. The van der Waals surface area contributed by atoms with Crippen LogP contribution in [-0.4, -0.2) is 49.3 Å². The zero-order chi connectivity index (χ0) is 20.6. The lowest BCUT2D eigenvalue weighted by molar-refractivity contribution is 0.0529. The van der Waals surface area contributed by atoms with E-state index in [1.807, 2.05) is 6.20 Å². The number of aliphatic imine (C=N–C) groups is 1. The number of morpholine rings is 1. The van der Waals surface area contributed by atoms with Crippen LogP contribution in [0.25, 0.3) is 0 Å². The highest BCUT2D eigenvalue weighted by molar-refractivity contribution is 14.0. The second-order valence-corrected chi connectivity index (χ2v) is 8.99. The van der Waals surface area contributed by atoms with Gasteiger partial charge in [0.25, 0.3) is 0 Å². The second-order valence-electron chi connectivity index (χ2n) is 8.99. The second kappa shape index (κ2) is 12.6. The van der Waals surface area contributed by atoms with Crippen LogP contribution >= 0.6 is 24.0 Å². The summed E-state index contributed by atoms with van der Waals surface area (Å²) in [5, 5.41) is 6.87. The molecule has 0 aromatic carbocycles. The van der Waals surface area contributed by atoms with Gasteiger partial charge >= 0.3 is 0 Å². The normalized spacial score (nSPS) is 18.8. The average Bonchev–Trinajstić information content (AvgIpc) is 2.64. The van der Waals surface area contributed by atoms with E-state index in [2.05, 4.69) is 74.2 Å². The molecule has 6 nitrogen and oxygen atoms in total. The van der Waals surface area contributed by atoms with Crippen LogP contribution < -0.4 is 15.5 Å². The SMILES string of the molecule is CCNC(=NCc1ccc(N2CCOC(C)C2)nc1)NC(C)CCC(C)(C)C.I. The lowest BCUT2D eigenvalue weighted by Crippen LogP contribution is -2.42. The van der Waals surface area contributed by atoms with Gasteiger partial charge in [0.2, 0.25) is 0 Å². The van der Waals surface area contributed by atoms with Gasteiger partial charge in [-0.1, -0.05) is 26.8 Å². The maximum Gasteiger partial charge on any atom is 0.191 e. The molecule has 7 heteroatoms. The fraction of sp³-hybridized carbons (Fsp3) is 0.727. The van der Waals surface area contributed by atoms with E-state index in [9.17, 15) is 0 Å². The van der Waals surface area contributed by atoms with Crippen molar-refractivity contribution in [1.29, 1.82) is 0 Å². The molecule has 0 radical (unpaired) electrons. The lowest BCUT2D eigenvalue weighted by atomic mass is 9.89. The molecule has 0 spiro atoms. The fourth-order valence-electron chi connectivity index (χ4n) is 3.17. The van der Waals surface area contributed by atoms with E-state index >= 15 is 0 Å². The largest absolute Gasteiger partial charge is 0.375 e. The standard InChI is InChI=1S/C22H39N5O.HI/c1-7-23-21(26-17(2)10-11-22(4,5)6)25-15-19-8-9-20(24-14-19)27-12-13-28-18(3)16-27;/h8-9,14,17-18H,7,10-13,15-16H2,1-6H3,(H2,23,25,26);1H.